The number of thioether (sulfide) groups is 1. The molecule has 9 heteroatoms. The van der Waals surface area contributed by atoms with E-state index in [1.54, 1.807) is 24.3 Å². The molecule has 1 amide bonds. The van der Waals surface area contributed by atoms with Crippen molar-refractivity contribution in [2.75, 3.05) is 4.90 Å². The van der Waals surface area contributed by atoms with Crippen LogP contribution in [0.5, 0.6) is 0 Å². The number of anilines is 1. The molecule has 1 aromatic heterocycles. The Morgan fingerprint density at radius 3 is 2.78 bits per heavy atom. The largest absolute Gasteiger partial charge is 0.433 e. The van der Waals surface area contributed by atoms with Gasteiger partial charge in [0.15, 0.2) is 4.32 Å². The second-order valence-electron chi connectivity index (χ2n) is 4.43. The molecule has 116 valence electrons. The summed E-state index contributed by atoms with van der Waals surface area (Å²) in [6, 6.07) is 9.41. The van der Waals surface area contributed by atoms with Crippen LogP contribution >= 0.6 is 35.6 Å². The summed E-state index contributed by atoms with van der Waals surface area (Å²) >= 11 is 12.3. The number of carbonyl (C=O) groups is 1. The van der Waals surface area contributed by atoms with Gasteiger partial charge in [-0.1, -0.05) is 41.6 Å². The summed E-state index contributed by atoms with van der Waals surface area (Å²) in [5.41, 5.74) is 0.564. The summed E-state index contributed by atoms with van der Waals surface area (Å²) < 4.78 is 5.38. The van der Waals surface area contributed by atoms with Gasteiger partial charge in [0.1, 0.15) is 10.7 Å². The number of rotatable bonds is 3. The molecule has 0 bridgehead atoms. The topological polar surface area (TPSA) is 76.6 Å². The number of nitro groups is 1. The van der Waals surface area contributed by atoms with Crippen molar-refractivity contribution in [3.05, 3.63) is 62.2 Å². The average Bonchev–Trinajstić information content (AvgIpc) is 3.05. The van der Waals surface area contributed by atoms with Crippen LogP contribution in [-0.4, -0.2) is 15.2 Å². The first-order chi connectivity index (χ1) is 11.0. The first-order valence-corrected chi connectivity index (χ1v) is 7.84. The van der Waals surface area contributed by atoms with E-state index in [0.29, 0.717) is 19.9 Å². The summed E-state index contributed by atoms with van der Waals surface area (Å²) in [5, 5.41) is 11.1. The van der Waals surface area contributed by atoms with E-state index >= 15 is 0 Å². The fourth-order valence-electron chi connectivity index (χ4n) is 1.95. The maximum Gasteiger partial charge on any atom is 0.433 e. The van der Waals surface area contributed by atoms with Gasteiger partial charge in [-0.05, 0) is 24.3 Å². The molecule has 1 aliphatic heterocycles. The van der Waals surface area contributed by atoms with Crippen molar-refractivity contribution in [2.45, 2.75) is 0 Å². The lowest BCUT2D eigenvalue weighted by Gasteiger charge is -2.14. The molecule has 0 N–H and O–H groups in total. The highest BCUT2D eigenvalue weighted by Crippen LogP contribution is 2.37. The average molecular weight is 367 g/mol. The third-order valence-electron chi connectivity index (χ3n) is 2.93. The van der Waals surface area contributed by atoms with Crippen LogP contribution in [0.15, 0.2) is 45.7 Å². The summed E-state index contributed by atoms with van der Waals surface area (Å²) in [4.78, 5) is 24.1. The minimum absolute atomic E-state index is 0.211. The number of benzene rings is 1. The predicted octanol–water partition coefficient (Wildman–Crippen LogP) is 4.25. The van der Waals surface area contributed by atoms with Crippen LogP contribution in [0.4, 0.5) is 11.6 Å². The Morgan fingerprint density at radius 1 is 1.35 bits per heavy atom. The summed E-state index contributed by atoms with van der Waals surface area (Å²) in [5.74, 6) is -0.508. The van der Waals surface area contributed by atoms with Crippen molar-refractivity contribution in [3.63, 3.8) is 0 Å². The summed E-state index contributed by atoms with van der Waals surface area (Å²) in [7, 11) is 0. The molecule has 23 heavy (non-hydrogen) atoms. The Labute approximate surface area is 144 Å². The Kier molecular flexibility index (Phi) is 4.20. The van der Waals surface area contributed by atoms with Crippen molar-refractivity contribution in [1.82, 2.24) is 0 Å². The summed E-state index contributed by atoms with van der Waals surface area (Å²) in [6.07, 6.45) is 1.43. The highest BCUT2D eigenvalue weighted by atomic mass is 35.5. The molecule has 6 nitrogen and oxygen atoms in total. The summed E-state index contributed by atoms with van der Waals surface area (Å²) in [6.45, 7) is 0. The van der Waals surface area contributed by atoms with Crippen LogP contribution in [0.1, 0.15) is 5.76 Å². The minimum atomic E-state index is -0.644. The molecular weight excluding hydrogens is 360 g/mol. The van der Waals surface area contributed by atoms with Gasteiger partial charge in [-0.25, -0.2) is 0 Å². The van der Waals surface area contributed by atoms with Gasteiger partial charge >= 0.3 is 5.88 Å². The van der Waals surface area contributed by atoms with Crippen LogP contribution in [0, 0.1) is 10.1 Å². The lowest BCUT2D eigenvalue weighted by atomic mass is 10.3. The van der Waals surface area contributed by atoms with Gasteiger partial charge in [0.05, 0.1) is 16.7 Å². The third kappa shape index (κ3) is 3.14. The number of halogens is 1. The molecule has 1 saturated heterocycles. The lowest BCUT2D eigenvalue weighted by Crippen LogP contribution is -2.27. The van der Waals surface area contributed by atoms with Crippen molar-refractivity contribution in [3.8, 4) is 0 Å². The Hall–Kier alpha value is -2.16. The molecule has 3 rings (SSSR count). The molecule has 1 fully saturated rings. The molecule has 0 aliphatic carbocycles. The molecule has 0 radical (unpaired) electrons. The van der Waals surface area contributed by atoms with E-state index in [-0.39, 0.29) is 17.6 Å². The molecular formula is C14H7ClN2O4S2. The number of nitrogens with zero attached hydrogens (tertiary/aromatic N) is 2. The molecule has 2 heterocycles. The number of hydrogen-bond donors (Lipinski definition) is 0. The van der Waals surface area contributed by atoms with Gasteiger partial charge < -0.3 is 4.42 Å². The van der Waals surface area contributed by atoms with Crippen LogP contribution in [0.25, 0.3) is 6.08 Å². The van der Waals surface area contributed by atoms with Crippen molar-refractivity contribution < 1.29 is 14.1 Å². The number of amides is 1. The maximum atomic E-state index is 12.5. The second-order valence-corrected chi connectivity index (χ2v) is 6.54. The van der Waals surface area contributed by atoms with E-state index in [9.17, 15) is 14.9 Å². The molecule has 0 atom stereocenters. The standard InChI is InChI=1S/C14H7ClN2O4S2/c15-8-2-1-3-9(6-8)16-13(18)11(23-14(16)22)7-10-4-5-12(21-10)17(19)20/h1-7H/b11-7+. The number of thiocarbonyl (C=S) groups is 1. The lowest BCUT2D eigenvalue weighted by molar-refractivity contribution is -0.402. The first kappa shape index (κ1) is 15.7. The molecule has 2 aromatic rings. The van der Waals surface area contributed by atoms with E-state index in [4.69, 9.17) is 28.2 Å². The number of hydrogen-bond acceptors (Lipinski definition) is 6. The van der Waals surface area contributed by atoms with Gasteiger partial charge in [-0.2, -0.15) is 0 Å². The Balaban J connectivity index is 1.91. The SMILES string of the molecule is O=C1/C(=C\c2ccc([N+](=O)[O-])o2)SC(=S)N1c1cccc(Cl)c1. The van der Waals surface area contributed by atoms with Crippen molar-refractivity contribution >= 4 is 63.5 Å². The van der Waals surface area contributed by atoms with Crippen LogP contribution in [0.3, 0.4) is 0 Å². The van der Waals surface area contributed by atoms with Crippen LogP contribution in [0.2, 0.25) is 5.02 Å². The highest BCUT2D eigenvalue weighted by molar-refractivity contribution is 8.27. The van der Waals surface area contributed by atoms with E-state index in [1.807, 2.05) is 0 Å². The van der Waals surface area contributed by atoms with Crippen molar-refractivity contribution in [2.24, 2.45) is 0 Å². The van der Waals surface area contributed by atoms with Gasteiger partial charge in [0, 0.05) is 11.1 Å². The Morgan fingerprint density at radius 2 is 2.13 bits per heavy atom. The molecule has 0 spiro atoms. The highest BCUT2D eigenvalue weighted by Gasteiger charge is 2.33. The molecule has 0 saturated carbocycles. The molecule has 1 aliphatic rings. The van der Waals surface area contributed by atoms with Gasteiger partial charge in [-0.3, -0.25) is 19.8 Å². The number of furan rings is 1. The molecule has 1 aromatic carbocycles. The van der Waals surface area contributed by atoms with E-state index in [1.165, 1.54) is 23.1 Å². The predicted molar refractivity (Wildman–Crippen MR) is 92.5 cm³/mol. The van der Waals surface area contributed by atoms with Gasteiger partial charge in [0.25, 0.3) is 5.91 Å². The normalized spacial score (nSPS) is 16.4. The second kappa shape index (κ2) is 6.15. The quantitative estimate of drug-likeness (QED) is 0.350. The fraction of sp³-hybridized carbons (Fsp3) is 0. The Bertz CT molecular complexity index is 862. The zero-order valence-electron chi connectivity index (χ0n) is 11.3. The minimum Gasteiger partial charge on any atom is -0.401 e. The monoisotopic (exact) mass is 366 g/mol. The smallest absolute Gasteiger partial charge is 0.401 e. The van der Waals surface area contributed by atoms with Gasteiger partial charge in [0.2, 0.25) is 0 Å². The fourth-order valence-corrected chi connectivity index (χ4v) is 3.42. The maximum absolute atomic E-state index is 12.5. The molecule has 0 unspecified atom stereocenters. The van der Waals surface area contributed by atoms with Crippen LogP contribution < -0.4 is 4.90 Å². The zero-order chi connectivity index (χ0) is 16.6. The van der Waals surface area contributed by atoms with Crippen molar-refractivity contribution in [1.29, 1.82) is 0 Å². The number of carbonyl (C=O) groups excluding carboxylic acids is 1. The zero-order valence-corrected chi connectivity index (χ0v) is 13.7. The van der Waals surface area contributed by atoms with E-state index in [0.717, 1.165) is 11.8 Å². The third-order valence-corrected chi connectivity index (χ3v) is 4.46. The van der Waals surface area contributed by atoms with E-state index < -0.39 is 4.92 Å². The van der Waals surface area contributed by atoms with Gasteiger partial charge in [-0.15, -0.1) is 0 Å². The first-order valence-electron chi connectivity index (χ1n) is 6.23. The van der Waals surface area contributed by atoms with E-state index in [2.05, 4.69) is 0 Å². The van der Waals surface area contributed by atoms with Crippen LogP contribution in [-0.2, 0) is 4.79 Å².